The summed E-state index contributed by atoms with van der Waals surface area (Å²) in [5.41, 5.74) is 0.195. The molecule has 0 radical (unpaired) electrons. The molecular weight excluding hydrogens is 310 g/mol. The van der Waals surface area contributed by atoms with Gasteiger partial charge in [-0.05, 0) is 42.8 Å². The third kappa shape index (κ3) is 2.61. The lowest BCUT2D eigenvalue weighted by Crippen LogP contribution is -2.27. The zero-order valence-electron chi connectivity index (χ0n) is 11.4. The maximum atomic E-state index is 12.3. The molecular formula is C14H16BrNO3. The lowest BCUT2D eigenvalue weighted by molar-refractivity contribution is 0.0532. The van der Waals surface area contributed by atoms with Gasteiger partial charge in [0.1, 0.15) is 5.60 Å². The Kier molecular flexibility index (Phi) is 3.58. The van der Waals surface area contributed by atoms with E-state index in [1.165, 1.54) is 11.7 Å². The number of ether oxygens (including phenoxy) is 2. The van der Waals surface area contributed by atoms with E-state index in [1.54, 1.807) is 0 Å². The Morgan fingerprint density at radius 2 is 1.89 bits per heavy atom. The van der Waals surface area contributed by atoms with Crippen LogP contribution in [0.25, 0.3) is 10.9 Å². The molecule has 0 aliphatic heterocycles. The molecule has 0 fully saturated rings. The fraction of sp³-hybridized carbons (Fsp3) is 0.357. The zero-order valence-corrected chi connectivity index (χ0v) is 12.9. The summed E-state index contributed by atoms with van der Waals surface area (Å²) in [7, 11) is 1.53. The molecule has 0 amide bonds. The number of para-hydroxylation sites is 1. The monoisotopic (exact) mass is 325 g/mol. The minimum absolute atomic E-state index is 0.440. The van der Waals surface area contributed by atoms with E-state index in [1.807, 2.05) is 45.0 Å². The standard InChI is InChI=1S/C14H16BrNO3/c1-14(2,3)19-13(17)16-10-8-6-5-7-9(10)11(15)12(16)18-4/h5-8H,1-4H3. The normalized spacial score (nSPS) is 11.6. The molecule has 1 aromatic carbocycles. The third-order valence-electron chi connectivity index (χ3n) is 2.54. The smallest absolute Gasteiger partial charge is 0.421 e. The van der Waals surface area contributed by atoms with Crippen LogP contribution in [-0.2, 0) is 4.74 Å². The van der Waals surface area contributed by atoms with Crippen LogP contribution in [0.4, 0.5) is 4.79 Å². The summed E-state index contributed by atoms with van der Waals surface area (Å²) < 4.78 is 12.9. The van der Waals surface area contributed by atoms with Crippen molar-refractivity contribution in [3.8, 4) is 5.88 Å². The molecule has 1 heterocycles. The van der Waals surface area contributed by atoms with Crippen molar-refractivity contribution in [3.63, 3.8) is 0 Å². The number of carbonyl (C=O) groups excluding carboxylic acids is 1. The average Bonchev–Trinajstić information content (AvgIpc) is 2.60. The first kappa shape index (κ1) is 13.9. The molecule has 4 nitrogen and oxygen atoms in total. The first-order valence-electron chi connectivity index (χ1n) is 5.91. The Morgan fingerprint density at radius 3 is 2.47 bits per heavy atom. The number of aromatic nitrogens is 1. The minimum Gasteiger partial charge on any atom is -0.481 e. The first-order chi connectivity index (χ1) is 8.85. The minimum atomic E-state index is -0.556. The third-order valence-corrected chi connectivity index (χ3v) is 3.31. The molecule has 0 bridgehead atoms. The second-order valence-corrected chi connectivity index (χ2v) is 5.95. The first-order valence-corrected chi connectivity index (χ1v) is 6.70. The molecule has 5 heteroatoms. The summed E-state index contributed by atoms with van der Waals surface area (Å²) in [6.07, 6.45) is -0.453. The van der Waals surface area contributed by atoms with Gasteiger partial charge in [-0.1, -0.05) is 18.2 Å². The Morgan fingerprint density at radius 1 is 1.26 bits per heavy atom. The van der Waals surface area contributed by atoms with E-state index in [-0.39, 0.29) is 0 Å². The van der Waals surface area contributed by atoms with Gasteiger partial charge in [0.25, 0.3) is 0 Å². The van der Waals surface area contributed by atoms with Crippen LogP contribution in [0.5, 0.6) is 5.88 Å². The van der Waals surface area contributed by atoms with Crippen molar-refractivity contribution in [1.29, 1.82) is 0 Å². The Balaban J connectivity index is 2.62. The van der Waals surface area contributed by atoms with Gasteiger partial charge in [0.2, 0.25) is 5.88 Å². The molecule has 19 heavy (non-hydrogen) atoms. The summed E-state index contributed by atoms with van der Waals surface area (Å²) >= 11 is 3.46. The molecule has 0 aliphatic rings. The quantitative estimate of drug-likeness (QED) is 0.789. The van der Waals surface area contributed by atoms with Gasteiger partial charge in [-0.2, -0.15) is 0 Å². The molecule has 0 unspecified atom stereocenters. The highest BCUT2D eigenvalue weighted by molar-refractivity contribution is 9.10. The topological polar surface area (TPSA) is 40.5 Å². The van der Waals surface area contributed by atoms with E-state index in [2.05, 4.69) is 15.9 Å². The van der Waals surface area contributed by atoms with Gasteiger partial charge in [-0.15, -0.1) is 0 Å². The van der Waals surface area contributed by atoms with Gasteiger partial charge >= 0.3 is 6.09 Å². The van der Waals surface area contributed by atoms with Crippen molar-refractivity contribution in [2.75, 3.05) is 7.11 Å². The van der Waals surface area contributed by atoms with Crippen molar-refractivity contribution in [3.05, 3.63) is 28.7 Å². The molecule has 0 atom stereocenters. The summed E-state index contributed by atoms with van der Waals surface area (Å²) in [6.45, 7) is 5.49. The molecule has 0 saturated carbocycles. The van der Waals surface area contributed by atoms with E-state index in [0.717, 1.165) is 15.4 Å². The van der Waals surface area contributed by atoms with Gasteiger partial charge in [0.15, 0.2) is 0 Å². The van der Waals surface area contributed by atoms with E-state index in [4.69, 9.17) is 9.47 Å². The van der Waals surface area contributed by atoms with Gasteiger partial charge in [0, 0.05) is 5.39 Å². The van der Waals surface area contributed by atoms with Gasteiger partial charge in [-0.3, -0.25) is 0 Å². The molecule has 0 N–H and O–H groups in total. The molecule has 0 spiro atoms. The van der Waals surface area contributed by atoms with Crippen LogP contribution in [0.2, 0.25) is 0 Å². The summed E-state index contributed by atoms with van der Waals surface area (Å²) in [5, 5.41) is 0.908. The summed E-state index contributed by atoms with van der Waals surface area (Å²) in [5.74, 6) is 0.440. The van der Waals surface area contributed by atoms with Crippen molar-refractivity contribution in [1.82, 2.24) is 4.57 Å². The van der Waals surface area contributed by atoms with E-state index >= 15 is 0 Å². The molecule has 1 aromatic heterocycles. The maximum Gasteiger partial charge on any atom is 0.421 e. The molecule has 0 aliphatic carbocycles. The van der Waals surface area contributed by atoms with Crippen LogP contribution in [-0.4, -0.2) is 23.4 Å². The van der Waals surface area contributed by atoms with Crippen LogP contribution in [0, 0.1) is 0 Å². The summed E-state index contributed by atoms with van der Waals surface area (Å²) in [6, 6.07) is 7.55. The fourth-order valence-electron chi connectivity index (χ4n) is 1.85. The maximum absolute atomic E-state index is 12.3. The molecule has 2 rings (SSSR count). The van der Waals surface area contributed by atoms with Crippen LogP contribution < -0.4 is 4.74 Å². The fourth-order valence-corrected chi connectivity index (χ4v) is 2.52. The number of nitrogens with zero attached hydrogens (tertiary/aromatic N) is 1. The number of fused-ring (bicyclic) bond motifs is 1. The highest BCUT2D eigenvalue weighted by Crippen LogP contribution is 2.36. The Bertz CT molecular complexity index is 625. The van der Waals surface area contributed by atoms with Crippen LogP contribution in [0.3, 0.4) is 0 Å². The van der Waals surface area contributed by atoms with Crippen LogP contribution in [0.1, 0.15) is 20.8 Å². The molecule has 0 saturated heterocycles. The number of benzene rings is 1. The summed E-state index contributed by atoms with van der Waals surface area (Å²) in [4.78, 5) is 12.3. The highest BCUT2D eigenvalue weighted by Gasteiger charge is 2.25. The number of hydrogen-bond donors (Lipinski definition) is 0. The molecule has 2 aromatic rings. The van der Waals surface area contributed by atoms with Crippen molar-refractivity contribution < 1.29 is 14.3 Å². The van der Waals surface area contributed by atoms with E-state index in [0.29, 0.717) is 5.88 Å². The van der Waals surface area contributed by atoms with Crippen LogP contribution >= 0.6 is 15.9 Å². The van der Waals surface area contributed by atoms with Crippen molar-refractivity contribution in [2.24, 2.45) is 0 Å². The number of rotatable bonds is 1. The van der Waals surface area contributed by atoms with Gasteiger partial charge in [-0.25, -0.2) is 9.36 Å². The van der Waals surface area contributed by atoms with Gasteiger partial charge < -0.3 is 9.47 Å². The second-order valence-electron chi connectivity index (χ2n) is 5.16. The Hall–Kier alpha value is -1.49. The number of methoxy groups -OCH3 is 1. The van der Waals surface area contributed by atoms with E-state index in [9.17, 15) is 4.79 Å². The highest BCUT2D eigenvalue weighted by atomic mass is 79.9. The lowest BCUT2D eigenvalue weighted by Gasteiger charge is -2.20. The Labute approximate surface area is 120 Å². The predicted octanol–water partition coefficient (Wildman–Crippen LogP) is 4.20. The zero-order chi connectivity index (χ0) is 14.2. The largest absolute Gasteiger partial charge is 0.481 e. The van der Waals surface area contributed by atoms with Gasteiger partial charge in [0.05, 0.1) is 17.1 Å². The van der Waals surface area contributed by atoms with E-state index < -0.39 is 11.7 Å². The number of hydrogen-bond acceptors (Lipinski definition) is 3. The SMILES string of the molecule is COc1c(Br)c2ccccc2n1C(=O)OC(C)(C)C. The lowest BCUT2D eigenvalue weighted by atomic mass is 10.2. The molecule has 102 valence electrons. The average molecular weight is 326 g/mol. The predicted molar refractivity (Wildman–Crippen MR) is 77.8 cm³/mol. The van der Waals surface area contributed by atoms with Crippen molar-refractivity contribution in [2.45, 2.75) is 26.4 Å². The van der Waals surface area contributed by atoms with Crippen LogP contribution in [0.15, 0.2) is 28.7 Å². The number of carbonyl (C=O) groups is 1. The second kappa shape index (κ2) is 4.89. The number of halogens is 1. The van der Waals surface area contributed by atoms with Crippen molar-refractivity contribution >= 4 is 32.9 Å².